The lowest BCUT2D eigenvalue weighted by atomic mass is 10.0. The average Bonchev–Trinajstić information content (AvgIpc) is 2.73. The van der Waals surface area contributed by atoms with Gasteiger partial charge in [0.05, 0.1) is 29.0 Å². The molecule has 1 heterocycles. The summed E-state index contributed by atoms with van der Waals surface area (Å²) in [6.45, 7) is 2.66. The molecule has 5 heteroatoms. The number of ether oxygens (including phenoxy) is 1. The van der Waals surface area contributed by atoms with Crippen LogP contribution in [0, 0.1) is 0 Å². The molecule has 0 spiro atoms. The largest absolute Gasteiger partial charge is 0.494 e. The highest BCUT2D eigenvalue weighted by atomic mass is 79.9. The molecular weight excluding hydrogens is 306 g/mol. The summed E-state index contributed by atoms with van der Waals surface area (Å²) in [5.74, 6) is 0.888. The maximum Gasteiger partial charge on any atom is 0.119 e. The molecule has 0 bridgehead atoms. The minimum Gasteiger partial charge on any atom is -0.494 e. The maximum absolute atomic E-state index is 5.56. The van der Waals surface area contributed by atoms with Gasteiger partial charge in [0.2, 0.25) is 0 Å². The van der Waals surface area contributed by atoms with Crippen LogP contribution in [0.3, 0.4) is 0 Å². The zero-order valence-corrected chi connectivity index (χ0v) is 12.9. The standard InChI is InChI=1S/C14H18BrN3O/c1-4-19-11-7-5-6-10(8-11)13(16-2)14-12(15)9-17-18(14)3/h5-9,13,16H,4H2,1-3H3. The molecule has 2 aromatic rings. The number of nitrogens with zero attached hydrogens (tertiary/aromatic N) is 2. The first kappa shape index (κ1) is 14.1. The monoisotopic (exact) mass is 323 g/mol. The predicted molar refractivity (Wildman–Crippen MR) is 79.4 cm³/mol. The first-order valence-electron chi connectivity index (χ1n) is 6.24. The SMILES string of the molecule is CCOc1cccc(C(NC)c2c(Br)cnn2C)c1. The van der Waals surface area contributed by atoms with Crippen LogP contribution in [0.2, 0.25) is 0 Å². The van der Waals surface area contributed by atoms with Crippen LogP contribution in [-0.4, -0.2) is 23.4 Å². The van der Waals surface area contributed by atoms with E-state index in [4.69, 9.17) is 4.74 Å². The van der Waals surface area contributed by atoms with Crippen LogP contribution in [0.25, 0.3) is 0 Å². The summed E-state index contributed by atoms with van der Waals surface area (Å²) < 4.78 is 8.43. The van der Waals surface area contributed by atoms with E-state index in [2.05, 4.69) is 38.5 Å². The Bertz CT molecular complexity index is 534. The minimum atomic E-state index is 0.0716. The maximum atomic E-state index is 5.56. The molecule has 4 nitrogen and oxygen atoms in total. The van der Waals surface area contributed by atoms with E-state index in [1.807, 2.05) is 44.0 Å². The highest BCUT2D eigenvalue weighted by Crippen LogP contribution is 2.29. The van der Waals surface area contributed by atoms with Gasteiger partial charge in [0.1, 0.15) is 5.75 Å². The number of halogens is 1. The molecule has 0 aliphatic rings. The molecule has 0 amide bonds. The second-order valence-corrected chi connectivity index (χ2v) is 5.08. The van der Waals surface area contributed by atoms with Crippen molar-refractivity contribution in [3.05, 3.63) is 46.2 Å². The fourth-order valence-electron chi connectivity index (χ4n) is 2.16. The Morgan fingerprint density at radius 1 is 1.47 bits per heavy atom. The predicted octanol–water partition coefficient (Wildman–Crippen LogP) is 2.89. The van der Waals surface area contributed by atoms with Gasteiger partial charge in [0.25, 0.3) is 0 Å². The average molecular weight is 324 g/mol. The molecule has 1 aromatic carbocycles. The van der Waals surface area contributed by atoms with Crippen LogP contribution in [0.5, 0.6) is 5.75 Å². The van der Waals surface area contributed by atoms with Crippen LogP contribution in [0.1, 0.15) is 24.2 Å². The Hall–Kier alpha value is -1.33. The second-order valence-electron chi connectivity index (χ2n) is 4.23. The fraction of sp³-hybridized carbons (Fsp3) is 0.357. The van der Waals surface area contributed by atoms with Crippen molar-refractivity contribution >= 4 is 15.9 Å². The fourth-order valence-corrected chi connectivity index (χ4v) is 2.73. The quantitative estimate of drug-likeness (QED) is 0.919. The van der Waals surface area contributed by atoms with Crippen LogP contribution < -0.4 is 10.1 Å². The summed E-state index contributed by atoms with van der Waals surface area (Å²) in [5.41, 5.74) is 2.24. The summed E-state index contributed by atoms with van der Waals surface area (Å²) in [6, 6.07) is 8.20. The highest BCUT2D eigenvalue weighted by Gasteiger charge is 2.19. The highest BCUT2D eigenvalue weighted by molar-refractivity contribution is 9.10. The molecule has 102 valence electrons. The molecule has 0 aliphatic carbocycles. The van der Waals surface area contributed by atoms with Crippen LogP contribution in [0.4, 0.5) is 0 Å². The number of hydrogen-bond acceptors (Lipinski definition) is 3. The van der Waals surface area contributed by atoms with E-state index >= 15 is 0 Å². The number of nitrogens with one attached hydrogen (secondary N) is 1. The van der Waals surface area contributed by atoms with Crippen LogP contribution >= 0.6 is 15.9 Å². The van der Waals surface area contributed by atoms with E-state index < -0.39 is 0 Å². The smallest absolute Gasteiger partial charge is 0.119 e. The first-order valence-corrected chi connectivity index (χ1v) is 7.04. The van der Waals surface area contributed by atoms with E-state index in [9.17, 15) is 0 Å². The van der Waals surface area contributed by atoms with Crippen molar-refractivity contribution in [1.82, 2.24) is 15.1 Å². The van der Waals surface area contributed by atoms with E-state index in [1.165, 1.54) is 0 Å². The minimum absolute atomic E-state index is 0.0716. The van der Waals surface area contributed by atoms with Gasteiger partial charge in [-0.15, -0.1) is 0 Å². The number of aromatic nitrogens is 2. The zero-order chi connectivity index (χ0) is 13.8. The molecule has 0 radical (unpaired) electrons. The summed E-state index contributed by atoms with van der Waals surface area (Å²) in [5, 5.41) is 7.59. The van der Waals surface area contributed by atoms with Crippen LogP contribution in [0.15, 0.2) is 34.9 Å². The molecule has 0 fully saturated rings. The third-order valence-electron chi connectivity index (χ3n) is 3.00. The molecule has 1 atom stereocenters. The van der Waals surface area contributed by atoms with Crippen molar-refractivity contribution in [3.63, 3.8) is 0 Å². The molecule has 0 aliphatic heterocycles. The lowest BCUT2D eigenvalue weighted by Crippen LogP contribution is -2.21. The first-order chi connectivity index (χ1) is 9.17. The van der Waals surface area contributed by atoms with Gasteiger partial charge in [-0.3, -0.25) is 4.68 Å². The van der Waals surface area contributed by atoms with Gasteiger partial charge < -0.3 is 10.1 Å². The van der Waals surface area contributed by atoms with E-state index in [1.54, 1.807) is 0 Å². The molecule has 0 saturated carbocycles. The summed E-state index contributed by atoms with van der Waals surface area (Å²) in [7, 11) is 3.88. The third-order valence-corrected chi connectivity index (χ3v) is 3.61. The zero-order valence-electron chi connectivity index (χ0n) is 11.4. The summed E-state index contributed by atoms with van der Waals surface area (Å²) >= 11 is 3.55. The van der Waals surface area contributed by atoms with Gasteiger partial charge in [-0.25, -0.2) is 0 Å². The Balaban J connectivity index is 2.39. The molecule has 2 rings (SSSR count). The number of aryl methyl sites for hydroxylation is 1. The summed E-state index contributed by atoms with van der Waals surface area (Å²) in [4.78, 5) is 0. The third kappa shape index (κ3) is 2.98. The van der Waals surface area contributed by atoms with Gasteiger partial charge in [0.15, 0.2) is 0 Å². The number of hydrogen-bond donors (Lipinski definition) is 1. The van der Waals surface area contributed by atoms with Gasteiger partial charge in [-0.1, -0.05) is 12.1 Å². The van der Waals surface area contributed by atoms with Gasteiger partial charge >= 0.3 is 0 Å². The Morgan fingerprint density at radius 2 is 2.26 bits per heavy atom. The molecule has 0 saturated heterocycles. The molecule has 1 N–H and O–H groups in total. The second kappa shape index (κ2) is 6.21. The lowest BCUT2D eigenvalue weighted by Gasteiger charge is -2.18. The van der Waals surface area contributed by atoms with E-state index in [0.717, 1.165) is 21.5 Å². The topological polar surface area (TPSA) is 39.1 Å². The van der Waals surface area contributed by atoms with E-state index in [-0.39, 0.29) is 6.04 Å². The van der Waals surface area contributed by atoms with Crippen LogP contribution in [-0.2, 0) is 7.05 Å². The van der Waals surface area contributed by atoms with E-state index in [0.29, 0.717) is 6.61 Å². The van der Waals surface area contributed by atoms with Crippen molar-refractivity contribution in [2.45, 2.75) is 13.0 Å². The Labute approximate surface area is 121 Å². The molecule has 1 aromatic heterocycles. The number of rotatable bonds is 5. The van der Waals surface area contributed by atoms with Crippen molar-refractivity contribution < 1.29 is 4.74 Å². The van der Waals surface area contributed by atoms with Crippen molar-refractivity contribution in [2.24, 2.45) is 7.05 Å². The van der Waals surface area contributed by atoms with Gasteiger partial charge in [-0.05, 0) is 47.6 Å². The Morgan fingerprint density at radius 3 is 2.84 bits per heavy atom. The lowest BCUT2D eigenvalue weighted by molar-refractivity contribution is 0.339. The van der Waals surface area contributed by atoms with Gasteiger partial charge in [0, 0.05) is 7.05 Å². The normalized spacial score (nSPS) is 12.4. The van der Waals surface area contributed by atoms with Gasteiger partial charge in [-0.2, -0.15) is 5.10 Å². The molecular formula is C14H18BrN3O. The van der Waals surface area contributed by atoms with Crippen molar-refractivity contribution in [3.8, 4) is 5.75 Å². The van der Waals surface area contributed by atoms with Crippen molar-refractivity contribution in [2.75, 3.05) is 13.7 Å². The Kier molecular flexibility index (Phi) is 4.61. The number of benzene rings is 1. The molecule has 19 heavy (non-hydrogen) atoms. The summed E-state index contributed by atoms with van der Waals surface area (Å²) in [6.07, 6.45) is 1.81. The van der Waals surface area contributed by atoms with Crippen molar-refractivity contribution in [1.29, 1.82) is 0 Å². The molecule has 1 unspecified atom stereocenters.